The van der Waals surface area contributed by atoms with E-state index in [1.165, 1.54) is 6.26 Å². The molecule has 0 aliphatic heterocycles. The normalized spacial score (nSPS) is 12.4. The van der Waals surface area contributed by atoms with Gasteiger partial charge in [0, 0.05) is 0 Å². The molecule has 0 amide bonds. The third kappa shape index (κ3) is 3.49. The standard InChI is InChI=1S/C8H8BrF4NO/c9-5-1-2-15-6(5)3-14-4-8(12,13)7(10)11/h1-2,7,14H,3-4H2. The summed E-state index contributed by atoms with van der Waals surface area (Å²) >= 11 is 3.11. The summed E-state index contributed by atoms with van der Waals surface area (Å²) in [4.78, 5) is 0. The van der Waals surface area contributed by atoms with Gasteiger partial charge in [-0.25, -0.2) is 8.78 Å². The minimum absolute atomic E-state index is 0.0319. The van der Waals surface area contributed by atoms with E-state index in [0.29, 0.717) is 10.2 Å². The average molecular weight is 290 g/mol. The number of nitrogens with one attached hydrogen (secondary N) is 1. The summed E-state index contributed by atoms with van der Waals surface area (Å²) in [6.45, 7) is -1.12. The van der Waals surface area contributed by atoms with Crippen molar-refractivity contribution in [2.45, 2.75) is 18.9 Å². The molecular weight excluding hydrogens is 282 g/mol. The Hall–Kier alpha value is -0.560. The second-order valence-corrected chi connectivity index (χ2v) is 3.71. The van der Waals surface area contributed by atoms with Gasteiger partial charge in [0.2, 0.25) is 0 Å². The molecule has 0 aliphatic carbocycles. The van der Waals surface area contributed by atoms with Gasteiger partial charge in [-0.3, -0.25) is 0 Å². The second-order valence-electron chi connectivity index (χ2n) is 2.86. The highest BCUT2D eigenvalue weighted by molar-refractivity contribution is 9.10. The fourth-order valence-electron chi connectivity index (χ4n) is 0.871. The molecule has 0 aromatic carbocycles. The largest absolute Gasteiger partial charge is 0.467 e. The first-order chi connectivity index (χ1) is 6.93. The predicted octanol–water partition coefficient (Wildman–Crippen LogP) is 3.03. The van der Waals surface area contributed by atoms with E-state index in [1.54, 1.807) is 6.07 Å². The Morgan fingerprint density at radius 1 is 1.47 bits per heavy atom. The predicted molar refractivity (Wildman–Crippen MR) is 49.1 cm³/mol. The van der Waals surface area contributed by atoms with Gasteiger partial charge in [-0.15, -0.1) is 0 Å². The van der Waals surface area contributed by atoms with Gasteiger partial charge in [0.15, 0.2) is 0 Å². The minimum Gasteiger partial charge on any atom is -0.467 e. The average Bonchev–Trinajstić information content (AvgIpc) is 2.51. The van der Waals surface area contributed by atoms with E-state index >= 15 is 0 Å². The van der Waals surface area contributed by atoms with Crippen molar-refractivity contribution in [2.75, 3.05) is 6.54 Å². The fraction of sp³-hybridized carbons (Fsp3) is 0.500. The molecule has 0 spiro atoms. The molecule has 1 heterocycles. The molecule has 0 fully saturated rings. The molecule has 1 N–H and O–H groups in total. The quantitative estimate of drug-likeness (QED) is 0.843. The third-order valence-electron chi connectivity index (χ3n) is 1.66. The summed E-state index contributed by atoms with van der Waals surface area (Å²) in [5.74, 6) is -3.63. The van der Waals surface area contributed by atoms with Crippen LogP contribution in [0.4, 0.5) is 17.6 Å². The smallest absolute Gasteiger partial charge is 0.319 e. The van der Waals surface area contributed by atoms with Crippen molar-refractivity contribution in [3.8, 4) is 0 Å². The molecule has 0 unspecified atom stereocenters. The molecule has 0 saturated carbocycles. The van der Waals surface area contributed by atoms with Crippen LogP contribution in [-0.4, -0.2) is 18.9 Å². The lowest BCUT2D eigenvalue weighted by molar-refractivity contribution is -0.125. The summed E-state index contributed by atoms with van der Waals surface area (Å²) in [5, 5.41) is 2.20. The van der Waals surface area contributed by atoms with Gasteiger partial charge in [-0.05, 0) is 22.0 Å². The number of furan rings is 1. The Morgan fingerprint density at radius 2 is 2.13 bits per heavy atom. The highest BCUT2D eigenvalue weighted by Crippen LogP contribution is 2.22. The molecule has 0 atom stereocenters. The summed E-state index contributed by atoms with van der Waals surface area (Å²) in [6, 6.07) is 1.59. The maximum Gasteiger partial charge on any atom is 0.319 e. The Kier molecular flexibility index (Phi) is 4.15. The maximum atomic E-state index is 12.4. The zero-order chi connectivity index (χ0) is 11.5. The first-order valence-electron chi connectivity index (χ1n) is 4.02. The molecule has 1 rings (SSSR count). The van der Waals surface area contributed by atoms with Crippen molar-refractivity contribution in [1.29, 1.82) is 0 Å². The summed E-state index contributed by atoms with van der Waals surface area (Å²) < 4.78 is 53.8. The SMILES string of the molecule is FC(F)C(F)(F)CNCc1occc1Br. The monoisotopic (exact) mass is 289 g/mol. The zero-order valence-electron chi connectivity index (χ0n) is 7.44. The van der Waals surface area contributed by atoms with Crippen LogP contribution in [0.2, 0.25) is 0 Å². The highest BCUT2D eigenvalue weighted by atomic mass is 79.9. The van der Waals surface area contributed by atoms with Crippen molar-refractivity contribution in [1.82, 2.24) is 5.32 Å². The van der Waals surface area contributed by atoms with Gasteiger partial charge in [0.05, 0.1) is 23.8 Å². The maximum absolute atomic E-state index is 12.4. The van der Waals surface area contributed by atoms with E-state index < -0.39 is 18.9 Å². The highest BCUT2D eigenvalue weighted by Gasteiger charge is 2.40. The lowest BCUT2D eigenvalue weighted by Crippen LogP contribution is -2.38. The van der Waals surface area contributed by atoms with Crippen molar-refractivity contribution < 1.29 is 22.0 Å². The Morgan fingerprint density at radius 3 is 2.60 bits per heavy atom. The van der Waals surface area contributed by atoms with Crippen LogP contribution in [0.3, 0.4) is 0 Å². The van der Waals surface area contributed by atoms with Crippen LogP contribution in [0.15, 0.2) is 21.2 Å². The molecule has 0 aliphatic rings. The van der Waals surface area contributed by atoms with Crippen LogP contribution in [0, 0.1) is 0 Å². The first kappa shape index (κ1) is 12.5. The topological polar surface area (TPSA) is 25.2 Å². The molecule has 1 aromatic rings. The number of hydrogen-bond donors (Lipinski definition) is 1. The van der Waals surface area contributed by atoms with E-state index in [2.05, 4.69) is 21.2 Å². The zero-order valence-corrected chi connectivity index (χ0v) is 9.03. The molecule has 7 heteroatoms. The van der Waals surface area contributed by atoms with E-state index in [4.69, 9.17) is 4.42 Å². The molecule has 0 radical (unpaired) electrons. The molecule has 0 bridgehead atoms. The second kappa shape index (κ2) is 4.98. The number of alkyl halides is 4. The lowest BCUT2D eigenvalue weighted by atomic mass is 10.3. The summed E-state index contributed by atoms with van der Waals surface area (Å²) in [5.41, 5.74) is 0. The van der Waals surface area contributed by atoms with Crippen LogP contribution >= 0.6 is 15.9 Å². The van der Waals surface area contributed by atoms with E-state index in [0.717, 1.165) is 0 Å². The van der Waals surface area contributed by atoms with Crippen LogP contribution in [-0.2, 0) is 6.54 Å². The Bertz CT molecular complexity index is 315. The van der Waals surface area contributed by atoms with Crippen LogP contribution in [0.1, 0.15) is 5.76 Å². The lowest BCUT2D eigenvalue weighted by Gasteiger charge is -2.15. The van der Waals surface area contributed by atoms with Crippen molar-refractivity contribution in [3.05, 3.63) is 22.6 Å². The van der Waals surface area contributed by atoms with Crippen molar-refractivity contribution in [2.24, 2.45) is 0 Å². The first-order valence-corrected chi connectivity index (χ1v) is 4.81. The van der Waals surface area contributed by atoms with Crippen LogP contribution in [0.25, 0.3) is 0 Å². The summed E-state index contributed by atoms with van der Waals surface area (Å²) in [7, 11) is 0. The number of hydrogen-bond acceptors (Lipinski definition) is 2. The molecule has 15 heavy (non-hydrogen) atoms. The van der Waals surface area contributed by atoms with Gasteiger partial charge in [0.25, 0.3) is 0 Å². The van der Waals surface area contributed by atoms with Crippen molar-refractivity contribution in [3.63, 3.8) is 0 Å². The van der Waals surface area contributed by atoms with Crippen molar-refractivity contribution >= 4 is 15.9 Å². The van der Waals surface area contributed by atoms with E-state index in [9.17, 15) is 17.6 Å². The Labute approximate surface area is 91.8 Å². The van der Waals surface area contributed by atoms with Gasteiger partial charge >= 0.3 is 12.3 Å². The molecule has 86 valence electrons. The van der Waals surface area contributed by atoms with Gasteiger partial charge in [0.1, 0.15) is 5.76 Å². The molecule has 1 aromatic heterocycles. The van der Waals surface area contributed by atoms with Crippen LogP contribution < -0.4 is 5.32 Å². The molecular formula is C8H8BrF4NO. The summed E-state index contributed by atoms with van der Waals surface area (Å²) in [6.07, 6.45) is -2.29. The van der Waals surface area contributed by atoms with Gasteiger partial charge < -0.3 is 9.73 Å². The minimum atomic E-state index is -4.01. The number of halogens is 5. The fourth-order valence-corrected chi connectivity index (χ4v) is 1.21. The van der Waals surface area contributed by atoms with Gasteiger partial charge in [-0.2, -0.15) is 8.78 Å². The number of rotatable bonds is 5. The molecule has 2 nitrogen and oxygen atoms in total. The molecule has 0 saturated heterocycles. The Balaban J connectivity index is 2.37. The van der Waals surface area contributed by atoms with Gasteiger partial charge in [-0.1, -0.05) is 0 Å². The van der Waals surface area contributed by atoms with E-state index in [1.807, 2.05) is 0 Å². The van der Waals surface area contributed by atoms with Crippen LogP contribution in [0.5, 0.6) is 0 Å². The third-order valence-corrected chi connectivity index (χ3v) is 2.36. The van der Waals surface area contributed by atoms with E-state index in [-0.39, 0.29) is 6.54 Å².